The Kier molecular flexibility index (Phi) is 5.22. The van der Waals surface area contributed by atoms with Crippen LogP contribution >= 0.6 is 0 Å². The van der Waals surface area contributed by atoms with Crippen LogP contribution in [0.3, 0.4) is 0 Å². The second kappa shape index (κ2) is 7.81. The number of amides is 3. The Morgan fingerprint density at radius 2 is 1.79 bits per heavy atom. The van der Waals surface area contributed by atoms with Crippen molar-refractivity contribution < 1.29 is 9.59 Å². The summed E-state index contributed by atoms with van der Waals surface area (Å²) in [6.45, 7) is 6.42. The van der Waals surface area contributed by atoms with Gasteiger partial charge in [-0.2, -0.15) is 0 Å². The molecule has 7 heteroatoms. The molecule has 7 nitrogen and oxygen atoms in total. The molecule has 0 unspecified atom stereocenters. The summed E-state index contributed by atoms with van der Waals surface area (Å²) < 4.78 is 0. The standard InChI is InChI=1S/C22H27N5O2/c1-17(2)15-27-21(29)26(16-18-6-4-3-5-7-18)20(28)22(27)8-12-25(13-9-22)19-14-23-10-11-24-19/h3-7,10-11,14,17H,8-9,12-13,15-16H2,1-2H3. The Morgan fingerprint density at radius 1 is 1.07 bits per heavy atom. The fourth-order valence-electron chi connectivity index (χ4n) is 4.35. The Bertz CT molecular complexity index is 863. The van der Waals surface area contributed by atoms with Gasteiger partial charge in [-0.1, -0.05) is 44.2 Å². The summed E-state index contributed by atoms with van der Waals surface area (Å²) in [5.41, 5.74) is 0.210. The summed E-state index contributed by atoms with van der Waals surface area (Å²) in [5.74, 6) is 1.04. The molecular formula is C22H27N5O2. The van der Waals surface area contributed by atoms with Gasteiger partial charge in [-0.25, -0.2) is 9.78 Å². The molecule has 0 saturated carbocycles. The van der Waals surface area contributed by atoms with Crippen molar-refractivity contribution in [2.75, 3.05) is 24.5 Å². The molecule has 2 aromatic rings. The molecular weight excluding hydrogens is 366 g/mol. The zero-order valence-corrected chi connectivity index (χ0v) is 17.0. The number of nitrogens with zero attached hydrogens (tertiary/aromatic N) is 5. The second-order valence-corrected chi connectivity index (χ2v) is 8.25. The van der Waals surface area contributed by atoms with E-state index in [0.29, 0.717) is 44.9 Å². The van der Waals surface area contributed by atoms with Crippen LogP contribution in [0.1, 0.15) is 32.3 Å². The molecule has 0 radical (unpaired) electrons. The predicted molar refractivity (Wildman–Crippen MR) is 110 cm³/mol. The van der Waals surface area contributed by atoms with Crippen molar-refractivity contribution in [3.8, 4) is 0 Å². The van der Waals surface area contributed by atoms with Crippen LogP contribution in [0.4, 0.5) is 10.6 Å². The van der Waals surface area contributed by atoms with E-state index in [2.05, 4.69) is 28.7 Å². The SMILES string of the molecule is CC(C)CN1C(=O)N(Cc2ccccc2)C(=O)C12CCN(c1cnccn1)CC2. The number of rotatable bonds is 5. The molecule has 0 bridgehead atoms. The van der Waals surface area contributed by atoms with Crippen LogP contribution in [0.2, 0.25) is 0 Å². The Morgan fingerprint density at radius 3 is 2.41 bits per heavy atom. The van der Waals surface area contributed by atoms with Crippen LogP contribution in [-0.2, 0) is 11.3 Å². The van der Waals surface area contributed by atoms with Crippen molar-refractivity contribution >= 4 is 17.8 Å². The third-order valence-corrected chi connectivity index (χ3v) is 5.82. The first-order chi connectivity index (χ1) is 14.0. The van der Waals surface area contributed by atoms with Crippen LogP contribution in [0.25, 0.3) is 0 Å². The van der Waals surface area contributed by atoms with E-state index in [0.717, 1.165) is 11.4 Å². The van der Waals surface area contributed by atoms with Gasteiger partial charge >= 0.3 is 6.03 Å². The van der Waals surface area contributed by atoms with Crippen LogP contribution in [0.15, 0.2) is 48.9 Å². The molecule has 3 amide bonds. The highest BCUT2D eigenvalue weighted by atomic mass is 16.2. The van der Waals surface area contributed by atoms with E-state index in [1.54, 1.807) is 18.6 Å². The zero-order chi connectivity index (χ0) is 20.4. The normalized spacial score (nSPS) is 18.9. The number of piperidine rings is 1. The van der Waals surface area contributed by atoms with Gasteiger partial charge in [-0.15, -0.1) is 0 Å². The number of hydrogen-bond donors (Lipinski definition) is 0. The van der Waals surface area contributed by atoms with E-state index in [-0.39, 0.29) is 11.9 Å². The average molecular weight is 393 g/mol. The minimum atomic E-state index is -0.755. The Balaban J connectivity index is 1.58. The summed E-state index contributed by atoms with van der Waals surface area (Å²) in [5, 5.41) is 0. The maximum absolute atomic E-state index is 13.5. The maximum Gasteiger partial charge on any atom is 0.327 e. The number of imide groups is 1. The van der Waals surface area contributed by atoms with Gasteiger partial charge in [0.15, 0.2) is 0 Å². The quantitative estimate of drug-likeness (QED) is 0.731. The highest BCUT2D eigenvalue weighted by Gasteiger charge is 2.57. The number of hydrogen-bond acceptors (Lipinski definition) is 5. The summed E-state index contributed by atoms with van der Waals surface area (Å²) >= 11 is 0. The minimum Gasteiger partial charge on any atom is -0.355 e. The monoisotopic (exact) mass is 393 g/mol. The number of carbonyl (C=O) groups is 2. The van der Waals surface area contributed by atoms with E-state index in [9.17, 15) is 9.59 Å². The average Bonchev–Trinajstić information content (AvgIpc) is 2.92. The first-order valence-corrected chi connectivity index (χ1v) is 10.2. The Hall–Kier alpha value is -2.96. The Labute approximate surface area is 171 Å². The first-order valence-electron chi connectivity index (χ1n) is 10.2. The van der Waals surface area contributed by atoms with Gasteiger partial charge < -0.3 is 9.80 Å². The molecule has 4 rings (SSSR count). The van der Waals surface area contributed by atoms with Crippen molar-refractivity contribution in [1.29, 1.82) is 0 Å². The van der Waals surface area contributed by atoms with E-state index < -0.39 is 5.54 Å². The molecule has 0 aliphatic carbocycles. The topological polar surface area (TPSA) is 69.6 Å². The lowest BCUT2D eigenvalue weighted by atomic mass is 9.85. The number of carbonyl (C=O) groups excluding carboxylic acids is 2. The molecule has 2 saturated heterocycles. The van der Waals surface area contributed by atoms with E-state index in [1.807, 2.05) is 35.2 Å². The molecule has 1 aromatic heterocycles. The second-order valence-electron chi connectivity index (χ2n) is 8.25. The highest BCUT2D eigenvalue weighted by Crippen LogP contribution is 2.39. The molecule has 2 aliphatic rings. The van der Waals surface area contributed by atoms with E-state index in [1.165, 1.54) is 4.90 Å². The smallest absolute Gasteiger partial charge is 0.327 e. The lowest BCUT2D eigenvalue weighted by Crippen LogP contribution is -2.57. The van der Waals surface area contributed by atoms with Gasteiger partial charge in [0.25, 0.3) is 5.91 Å². The summed E-state index contributed by atoms with van der Waals surface area (Å²) in [6, 6.07) is 9.54. The number of urea groups is 1. The number of benzene rings is 1. The predicted octanol–water partition coefficient (Wildman–Crippen LogP) is 2.94. The first kappa shape index (κ1) is 19.4. The van der Waals surface area contributed by atoms with Gasteiger partial charge in [0.1, 0.15) is 11.4 Å². The van der Waals surface area contributed by atoms with E-state index >= 15 is 0 Å². The number of aromatic nitrogens is 2. The van der Waals surface area contributed by atoms with Gasteiger partial charge in [-0.05, 0) is 24.3 Å². The molecule has 1 spiro atoms. The largest absolute Gasteiger partial charge is 0.355 e. The van der Waals surface area contributed by atoms with Crippen molar-refractivity contribution in [2.45, 2.75) is 38.8 Å². The highest BCUT2D eigenvalue weighted by molar-refractivity contribution is 6.07. The van der Waals surface area contributed by atoms with Crippen molar-refractivity contribution in [3.63, 3.8) is 0 Å². The molecule has 1 aromatic carbocycles. The van der Waals surface area contributed by atoms with Crippen LogP contribution in [0, 0.1) is 5.92 Å². The van der Waals surface area contributed by atoms with Gasteiger partial charge in [0, 0.05) is 32.0 Å². The maximum atomic E-state index is 13.5. The third-order valence-electron chi connectivity index (χ3n) is 5.82. The molecule has 152 valence electrons. The summed E-state index contributed by atoms with van der Waals surface area (Å²) in [6.07, 6.45) is 6.28. The van der Waals surface area contributed by atoms with Crippen LogP contribution in [-0.4, -0.2) is 56.9 Å². The third kappa shape index (κ3) is 3.57. The molecule has 29 heavy (non-hydrogen) atoms. The molecule has 0 N–H and O–H groups in total. The van der Waals surface area contributed by atoms with Gasteiger partial charge in [0.2, 0.25) is 0 Å². The van der Waals surface area contributed by atoms with Gasteiger partial charge in [-0.3, -0.25) is 14.7 Å². The lowest BCUT2D eigenvalue weighted by molar-refractivity contribution is -0.134. The molecule has 2 aliphatic heterocycles. The summed E-state index contributed by atoms with van der Waals surface area (Å²) in [4.78, 5) is 40.8. The van der Waals surface area contributed by atoms with Crippen molar-refractivity contribution in [1.82, 2.24) is 19.8 Å². The van der Waals surface area contributed by atoms with Crippen LogP contribution in [0.5, 0.6) is 0 Å². The molecule has 2 fully saturated rings. The molecule has 0 atom stereocenters. The summed E-state index contributed by atoms with van der Waals surface area (Å²) in [7, 11) is 0. The fourth-order valence-corrected chi connectivity index (χ4v) is 4.35. The lowest BCUT2D eigenvalue weighted by Gasteiger charge is -2.43. The fraction of sp³-hybridized carbons (Fsp3) is 0.455. The number of anilines is 1. The van der Waals surface area contributed by atoms with Crippen LogP contribution < -0.4 is 4.90 Å². The zero-order valence-electron chi connectivity index (χ0n) is 17.0. The molecule has 3 heterocycles. The van der Waals surface area contributed by atoms with E-state index in [4.69, 9.17) is 0 Å². The minimum absolute atomic E-state index is 0.0641. The van der Waals surface area contributed by atoms with Gasteiger partial charge in [0.05, 0.1) is 12.7 Å². The van der Waals surface area contributed by atoms with Crippen molar-refractivity contribution in [2.24, 2.45) is 5.92 Å². The van der Waals surface area contributed by atoms with Crippen molar-refractivity contribution in [3.05, 3.63) is 54.5 Å².